The van der Waals surface area contributed by atoms with E-state index in [2.05, 4.69) is 53.0 Å². The molecular weight excluding hydrogens is 408 g/mol. The van der Waals surface area contributed by atoms with Crippen molar-refractivity contribution in [2.45, 2.75) is 33.1 Å². The van der Waals surface area contributed by atoms with Crippen molar-refractivity contribution < 1.29 is 0 Å². The number of anilines is 1. The quantitative estimate of drug-likeness (QED) is 0.439. The number of nitrogen functional groups attached to an aromatic ring is 1. The van der Waals surface area contributed by atoms with Crippen LogP contribution >= 0.6 is 0 Å². The van der Waals surface area contributed by atoms with Gasteiger partial charge < -0.3 is 5.73 Å². The molecule has 0 aliphatic carbocycles. The highest BCUT2D eigenvalue weighted by Gasteiger charge is 2.21. The predicted molar refractivity (Wildman–Crippen MR) is 133 cm³/mol. The Hall–Kier alpha value is -4.24. The first-order chi connectivity index (χ1) is 15.7. The van der Waals surface area contributed by atoms with E-state index in [9.17, 15) is 5.26 Å². The third-order valence-electron chi connectivity index (χ3n) is 5.92. The van der Waals surface area contributed by atoms with Gasteiger partial charge in [-0.2, -0.15) is 5.26 Å². The Bertz CT molecular complexity index is 1390. The topological polar surface area (TPSA) is 93.4 Å². The summed E-state index contributed by atoms with van der Waals surface area (Å²) in [4.78, 5) is 4.31. The molecule has 4 rings (SSSR count). The normalized spacial score (nSPS) is 11.2. The molecule has 0 amide bonds. The zero-order chi connectivity index (χ0) is 23.8. The van der Waals surface area contributed by atoms with Gasteiger partial charge >= 0.3 is 0 Å². The molecule has 0 aliphatic rings. The summed E-state index contributed by atoms with van der Waals surface area (Å²) in [5, 5.41) is 18.3. The molecule has 2 aromatic carbocycles. The van der Waals surface area contributed by atoms with Crippen molar-refractivity contribution >= 4 is 11.9 Å². The lowest BCUT2D eigenvalue weighted by molar-refractivity contribution is 0.687. The summed E-state index contributed by atoms with van der Waals surface area (Å²) in [6.45, 7) is 11.7. The summed E-state index contributed by atoms with van der Waals surface area (Å²) < 4.78 is 2.01. The van der Waals surface area contributed by atoms with Crippen molar-refractivity contribution in [3.63, 3.8) is 0 Å². The summed E-state index contributed by atoms with van der Waals surface area (Å²) in [6.07, 6.45) is 3.48. The smallest absolute Gasteiger partial charge is 0.168 e. The molecule has 0 aliphatic heterocycles. The van der Waals surface area contributed by atoms with Crippen LogP contribution in [-0.4, -0.2) is 19.7 Å². The zero-order valence-electron chi connectivity index (χ0n) is 19.3. The van der Waals surface area contributed by atoms with Crippen LogP contribution in [0.25, 0.3) is 34.3 Å². The Morgan fingerprint density at radius 2 is 1.67 bits per heavy atom. The molecule has 0 radical (unpaired) electrons. The molecule has 0 atom stereocenters. The highest BCUT2D eigenvalue weighted by molar-refractivity contribution is 5.71. The fourth-order valence-corrected chi connectivity index (χ4v) is 3.73. The van der Waals surface area contributed by atoms with Crippen LogP contribution in [0.3, 0.4) is 0 Å². The Morgan fingerprint density at radius 1 is 0.970 bits per heavy atom. The van der Waals surface area contributed by atoms with Gasteiger partial charge in [-0.3, -0.25) is 4.57 Å². The van der Waals surface area contributed by atoms with Gasteiger partial charge in [0.2, 0.25) is 0 Å². The van der Waals surface area contributed by atoms with Gasteiger partial charge in [0, 0.05) is 17.3 Å². The number of rotatable bonds is 5. The lowest BCUT2D eigenvalue weighted by atomic mass is 9.86. The van der Waals surface area contributed by atoms with Crippen LogP contribution in [-0.2, 0) is 5.41 Å². The molecule has 164 valence electrons. The second kappa shape index (κ2) is 8.36. The molecule has 0 saturated carbocycles. The van der Waals surface area contributed by atoms with Crippen molar-refractivity contribution in [1.82, 2.24) is 19.7 Å². The Labute approximate surface area is 194 Å². The highest BCUT2D eigenvalue weighted by atomic mass is 15.3. The van der Waals surface area contributed by atoms with E-state index in [0.717, 1.165) is 39.1 Å². The number of hydrogen-bond acceptors (Lipinski definition) is 5. The Kier molecular flexibility index (Phi) is 5.57. The summed E-state index contributed by atoms with van der Waals surface area (Å²) in [6, 6.07) is 18.5. The molecule has 2 N–H and O–H groups in total. The molecule has 2 aromatic heterocycles. The van der Waals surface area contributed by atoms with E-state index < -0.39 is 5.41 Å². The van der Waals surface area contributed by atoms with Crippen LogP contribution < -0.4 is 5.73 Å². The van der Waals surface area contributed by atoms with E-state index in [4.69, 9.17) is 5.73 Å². The average Bonchev–Trinajstić information content (AvgIpc) is 3.25. The number of aromatic nitrogens is 4. The largest absolute Gasteiger partial charge is 0.383 e. The minimum absolute atomic E-state index is 0.532. The second-order valence-corrected chi connectivity index (χ2v) is 8.66. The summed E-state index contributed by atoms with van der Waals surface area (Å²) >= 11 is 0. The standard InChI is InChI=1S/C27H26N6/c1-6-24-31-32-26(19-9-11-22(12-10-19)27(4,5)16-28)33(24)23-14-20(8-7-17(23)2)21-13-18(3)25(29)30-15-21/h6-15H,1H2,2-5H3,(H2,29,30). The lowest BCUT2D eigenvalue weighted by Crippen LogP contribution is -2.13. The van der Waals surface area contributed by atoms with Crippen LogP contribution in [0, 0.1) is 25.2 Å². The maximum atomic E-state index is 9.45. The number of hydrogen-bond donors (Lipinski definition) is 1. The third-order valence-corrected chi connectivity index (χ3v) is 5.92. The van der Waals surface area contributed by atoms with Gasteiger partial charge in [0.15, 0.2) is 11.6 Å². The fourth-order valence-electron chi connectivity index (χ4n) is 3.73. The van der Waals surface area contributed by atoms with E-state index in [-0.39, 0.29) is 0 Å². The van der Waals surface area contributed by atoms with Gasteiger partial charge in [0.05, 0.1) is 17.2 Å². The van der Waals surface area contributed by atoms with Crippen LogP contribution in [0.15, 0.2) is 61.3 Å². The first kappa shape index (κ1) is 22.0. The molecule has 0 fully saturated rings. The molecule has 0 unspecified atom stereocenters. The molecule has 0 bridgehead atoms. The van der Waals surface area contributed by atoms with Gasteiger partial charge in [-0.25, -0.2) is 4.98 Å². The van der Waals surface area contributed by atoms with E-state index in [1.807, 2.05) is 55.7 Å². The number of aryl methyl sites for hydroxylation is 2. The van der Waals surface area contributed by atoms with E-state index >= 15 is 0 Å². The first-order valence-electron chi connectivity index (χ1n) is 10.7. The van der Waals surface area contributed by atoms with Crippen LogP contribution in [0.1, 0.15) is 36.4 Å². The van der Waals surface area contributed by atoms with Crippen molar-refractivity contribution in [3.05, 3.63) is 83.8 Å². The van der Waals surface area contributed by atoms with Gasteiger partial charge in [0.1, 0.15) is 5.82 Å². The number of benzene rings is 2. The number of nitrogens with zero attached hydrogens (tertiary/aromatic N) is 5. The summed E-state index contributed by atoms with van der Waals surface area (Å²) in [5.74, 6) is 1.89. The minimum atomic E-state index is -0.561. The van der Waals surface area contributed by atoms with E-state index in [0.29, 0.717) is 17.5 Å². The van der Waals surface area contributed by atoms with Gasteiger partial charge in [-0.15, -0.1) is 10.2 Å². The number of pyridine rings is 1. The minimum Gasteiger partial charge on any atom is -0.383 e. The van der Waals surface area contributed by atoms with E-state index in [1.54, 1.807) is 12.3 Å². The molecule has 0 saturated heterocycles. The van der Waals surface area contributed by atoms with Gasteiger partial charge in [0.25, 0.3) is 0 Å². The Balaban J connectivity index is 1.85. The Morgan fingerprint density at radius 3 is 2.30 bits per heavy atom. The maximum absolute atomic E-state index is 9.45. The van der Waals surface area contributed by atoms with Crippen molar-refractivity contribution in [1.29, 1.82) is 5.26 Å². The second-order valence-electron chi connectivity index (χ2n) is 8.66. The van der Waals surface area contributed by atoms with Crippen LogP contribution in [0.5, 0.6) is 0 Å². The van der Waals surface area contributed by atoms with Crippen LogP contribution in [0.2, 0.25) is 0 Å². The fraction of sp³-hybridized carbons (Fsp3) is 0.185. The van der Waals surface area contributed by atoms with Crippen molar-refractivity contribution in [2.24, 2.45) is 0 Å². The van der Waals surface area contributed by atoms with E-state index in [1.165, 1.54) is 0 Å². The summed E-state index contributed by atoms with van der Waals surface area (Å²) in [7, 11) is 0. The molecule has 2 heterocycles. The predicted octanol–water partition coefficient (Wildman–Crippen LogP) is 5.64. The molecular formula is C27H26N6. The first-order valence-corrected chi connectivity index (χ1v) is 10.7. The molecule has 6 nitrogen and oxygen atoms in total. The molecule has 4 aromatic rings. The SMILES string of the molecule is C=Cc1nnc(-c2ccc(C(C)(C)C#N)cc2)n1-c1cc(-c2cnc(N)c(C)c2)ccc1C. The molecule has 0 spiro atoms. The number of nitriles is 1. The monoisotopic (exact) mass is 434 g/mol. The average molecular weight is 435 g/mol. The molecule has 33 heavy (non-hydrogen) atoms. The third kappa shape index (κ3) is 4.01. The maximum Gasteiger partial charge on any atom is 0.168 e. The summed E-state index contributed by atoms with van der Waals surface area (Å²) in [5.41, 5.74) is 12.2. The van der Waals surface area contributed by atoms with Gasteiger partial charge in [-0.05, 0) is 68.2 Å². The van der Waals surface area contributed by atoms with Crippen molar-refractivity contribution in [3.8, 4) is 34.3 Å². The van der Waals surface area contributed by atoms with Crippen LogP contribution in [0.4, 0.5) is 5.82 Å². The highest BCUT2D eigenvalue weighted by Crippen LogP contribution is 2.31. The molecule has 6 heteroatoms. The van der Waals surface area contributed by atoms with Crippen molar-refractivity contribution in [2.75, 3.05) is 5.73 Å². The number of nitrogens with two attached hydrogens (primary N) is 1. The lowest BCUT2D eigenvalue weighted by Gasteiger charge is -2.17. The van der Waals surface area contributed by atoms with Gasteiger partial charge in [-0.1, -0.05) is 43.0 Å². The zero-order valence-corrected chi connectivity index (χ0v) is 19.3.